The third-order valence-electron chi connectivity index (χ3n) is 4.02. The molecule has 0 fully saturated rings. The maximum atomic E-state index is 13.0. The predicted molar refractivity (Wildman–Crippen MR) is 88.9 cm³/mol. The van der Waals surface area contributed by atoms with Gasteiger partial charge in [-0.05, 0) is 60.8 Å². The van der Waals surface area contributed by atoms with Crippen molar-refractivity contribution in [3.8, 4) is 0 Å². The van der Waals surface area contributed by atoms with Crippen LogP contribution in [0.2, 0.25) is 0 Å². The molecule has 2 heterocycles. The molecule has 3 nitrogen and oxygen atoms in total. The zero-order valence-electron chi connectivity index (χ0n) is 12.5. The van der Waals surface area contributed by atoms with Crippen LogP contribution in [-0.2, 0) is 6.42 Å². The van der Waals surface area contributed by atoms with Crippen molar-refractivity contribution < 1.29 is 4.79 Å². The molecule has 110 valence electrons. The Labute approximate surface area is 133 Å². The number of hydrogen-bond donors (Lipinski definition) is 0. The number of fused-ring (bicyclic) bond motifs is 1. The van der Waals surface area contributed by atoms with Crippen LogP contribution >= 0.6 is 15.9 Å². The van der Waals surface area contributed by atoms with Gasteiger partial charge in [0.2, 0.25) is 0 Å². The molecule has 0 bridgehead atoms. The lowest BCUT2D eigenvalue weighted by atomic mass is 10.1. The third kappa shape index (κ3) is 2.42. The quantitative estimate of drug-likeness (QED) is 0.789. The van der Waals surface area contributed by atoms with E-state index in [-0.39, 0.29) is 18.0 Å². The van der Waals surface area contributed by atoms with Crippen molar-refractivity contribution in [3.05, 3.63) is 52.3 Å². The number of anilines is 1. The highest BCUT2D eigenvalue weighted by molar-refractivity contribution is 9.10. The summed E-state index contributed by atoms with van der Waals surface area (Å²) in [4.78, 5) is 15.0. The Morgan fingerprint density at radius 1 is 1.33 bits per heavy atom. The van der Waals surface area contributed by atoms with Crippen LogP contribution in [0.3, 0.4) is 0 Å². The van der Waals surface area contributed by atoms with E-state index in [0.717, 1.165) is 22.3 Å². The normalized spacial score (nSPS) is 17.4. The van der Waals surface area contributed by atoms with Crippen LogP contribution < -0.4 is 4.90 Å². The van der Waals surface area contributed by atoms with Crippen molar-refractivity contribution in [2.45, 2.75) is 39.3 Å². The minimum Gasteiger partial charge on any atom is -0.340 e. The summed E-state index contributed by atoms with van der Waals surface area (Å²) in [6.07, 6.45) is 2.90. The van der Waals surface area contributed by atoms with Gasteiger partial charge in [0.05, 0.1) is 0 Å². The van der Waals surface area contributed by atoms with Crippen LogP contribution in [-0.4, -0.2) is 16.5 Å². The summed E-state index contributed by atoms with van der Waals surface area (Å²) in [6.45, 7) is 6.28. The summed E-state index contributed by atoms with van der Waals surface area (Å²) >= 11 is 3.48. The van der Waals surface area contributed by atoms with Crippen molar-refractivity contribution in [2.75, 3.05) is 4.90 Å². The molecule has 0 spiro atoms. The van der Waals surface area contributed by atoms with Crippen LogP contribution in [0.15, 0.2) is 41.0 Å². The molecule has 1 aromatic heterocycles. The summed E-state index contributed by atoms with van der Waals surface area (Å²) in [6, 6.07) is 10.5. The maximum Gasteiger partial charge on any atom is 0.275 e. The Bertz CT molecular complexity index is 690. The molecule has 1 amide bonds. The van der Waals surface area contributed by atoms with Crippen molar-refractivity contribution in [3.63, 3.8) is 0 Å². The molecule has 1 aromatic carbocycles. The first-order valence-corrected chi connectivity index (χ1v) is 8.07. The van der Waals surface area contributed by atoms with Crippen LogP contribution in [0.4, 0.5) is 5.69 Å². The number of aromatic nitrogens is 1. The van der Waals surface area contributed by atoms with Gasteiger partial charge in [-0.3, -0.25) is 4.79 Å². The molecule has 1 unspecified atom stereocenters. The Hall–Kier alpha value is -1.55. The smallest absolute Gasteiger partial charge is 0.275 e. The first kappa shape index (κ1) is 14.4. The number of rotatable bonds is 2. The molecule has 4 heteroatoms. The van der Waals surface area contributed by atoms with E-state index in [4.69, 9.17) is 0 Å². The summed E-state index contributed by atoms with van der Waals surface area (Å²) in [7, 11) is 0. The van der Waals surface area contributed by atoms with Gasteiger partial charge in [-0.2, -0.15) is 0 Å². The Morgan fingerprint density at radius 2 is 2.05 bits per heavy atom. The molecule has 3 rings (SSSR count). The topological polar surface area (TPSA) is 25.2 Å². The molecule has 0 saturated heterocycles. The SMILES string of the molecule is CC1Cc2ccccc2N1C(=O)c1cc(Br)cn1C(C)C. The fraction of sp³-hybridized carbons (Fsp3) is 0.353. The van der Waals surface area contributed by atoms with E-state index in [0.29, 0.717) is 0 Å². The maximum absolute atomic E-state index is 13.0. The zero-order chi connectivity index (χ0) is 15.1. The average Bonchev–Trinajstić information content (AvgIpc) is 2.97. The fourth-order valence-electron chi connectivity index (χ4n) is 3.04. The molecular weight excluding hydrogens is 328 g/mol. The second-order valence-electron chi connectivity index (χ2n) is 5.90. The van der Waals surface area contributed by atoms with Crippen LogP contribution in [0, 0.1) is 0 Å². The van der Waals surface area contributed by atoms with Gasteiger partial charge in [0.1, 0.15) is 5.69 Å². The number of nitrogens with zero attached hydrogens (tertiary/aromatic N) is 2. The number of carbonyl (C=O) groups excluding carboxylic acids is 1. The van der Waals surface area contributed by atoms with Gasteiger partial charge in [0.15, 0.2) is 0 Å². The van der Waals surface area contributed by atoms with Crippen molar-refractivity contribution >= 4 is 27.5 Å². The molecule has 0 radical (unpaired) electrons. The minimum absolute atomic E-state index is 0.0758. The highest BCUT2D eigenvalue weighted by Gasteiger charge is 2.32. The van der Waals surface area contributed by atoms with Crippen molar-refractivity contribution in [1.29, 1.82) is 0 Å². The van der Waals surface area contributed by atoms with E-state index in [1.807, 2.05) is 39.9 Å². The van der Waals surface area contributed by atoms with E-state index in [1.54, 1.807) is 0 Å². The second kappa shape index (κ2) is 5.34. The van der Waals surface area contributed by atoms with E-state index >= 15 is 0 Å². The van der Waals surface area contributed by atoms with E-state index in [2.05, 4.69) is 42.8 Å². The molecule has 0 saturated carbocycles. The highest BCUT2D eigenvalue weighted by Crippen LogP contribution is 2.34. The molecule has 0 N–H and O–H groups in total. The number of halogens is 1. The minimum atomic E-state index is 0.0758. The second-order valence-corrected chi connectivity index (χ2v) is 6.82. The third-order valence-corrected chi connectivity index (χ3v) is 4.45. The van der Waals surface area contributed by atoms with Crippen LogP contribution in [0.25, 0.3) is 0 Å². The fourth-order valence-corrected chi connectivity index (χ4v) is 3.48. The van der Waals surface area contributed by atoms with E-state index in [1.165, 1.54) is 5.56 Å². The number of benzene rings is 1. The lowest BCUT2D eigenvalue weighted by Gasteiger charge is -2.24. The van der Waals surface area contributed by atoms with Crippen molar-refractivity contribution in [1.82, 2.24) is 4.57 Å². The van der Waals surface area contributed by atoms with Crippen LogP contribution in [0.1, 0.15) is 42.9 Å². The predicted octanol–water partition coefficient (Wildman–Crippen LogP) is 4.42. The van der Waals surface area contributed by atoms with E-state index < -0.39 is 0 Å². The number of carbonyl (C=O) groups is 1. The summed E-state index contributed by atoms with van der Waals surface area (Å²) in [5.74, 6) is 0.0758. The lowest BCUT2D eigenvalue weighted by Crippen LogP contribution is -2.37. The largest absolute Gasteiger partial charge is 0.340 e. The monoisotopic (exact) mass is 346 g/mol. The first-order chi connectivity index (χ1) is 9.99. The number of hydrogen-bond acceptors (Lipinski definition) is 1. The van der Waals surface area contributed by atoms with Gasteiger partial charge in [0.25, 0.3) is 5.91 Å². The van der Waals surface area contributed by atoms with Gasteiger partial charge in [-0.25, -0.2) is 0 Å². The molecule has 1 aliphatic rings. The highest BCUT2D eigenvalue weighted by atomic mass is 79.9. The summed E-state index contributed by atoms with van der Waals surface area (Å²) < 4.78 is 2.97. The van der Waals surface area contributed by atoms with Crippen LogP contribution in [0.5, 0.6) is 0 Å². The van der Waals surface area contributed by atoms with Crippen molar-refractivity contribution in [2.24, 2.45) is 0 Å². The van der Waals surface area contributed by atoms with Gasteiger partial charge >= 0.3 is 0 Å². The summed E-state index contributed by atoms with van der Waals surface area (Å²) in [5.41, 5.74) is 3.03. The Balaban J connectivity index is 2.03. The van der Waals surface area contributed by atoms with Gasteiger partial charge in [-0.1, -0.05) is 18.2 Å². The molecule has 21 heavy (non-hydrogen) atoms. The molecule has 1 atom stereocenters. The molecule has 0 aliphatic carbocycles. The molecular formula is C17H19BrN2O. The number of para-hydroxylation sites is 1. The lowest BCUT2D eigenvalue weighted by molar-refractivity contribution is 0.0971. The van der Waals surface area contributed by atoms with Gasteiger partial charge < -0.3 is 9.47 Å². The standard InChI is InChI=1S/C17H19BrN2O/c1-11(2)19-10-14(18)9-16(19)17(21)20-12(3)8-13-6-4-5-7-15(13)20/h4-7,9-12H,8H2,1-3H3. The van der Waals surface area contributed by atoms with E-state index in [9.17, 15) is 4.79 Å². The van der Waals surface area contributed by atoms with Gasteiger partial charge in [-0.15, -0.1) is 0 Å². The zero-order valence-corrected chi connectivity index (χ0v) is 14.1. The first-order valence-electron chi connectivity index (χ1n) is 7.28. The molecule has 2 aromatic rings. The molecule has 1 aliphatic heterocycles. The van der Waals surface area contributed by atoms with Gasteiger partial charge in [0, 0.05) is 28.4 Å². The summed E-state index contributed by atoms with van der Waals surface area (Å²) in [5, 5.41) is 0. The average molecular weight is 347 g/mol. The Kier molecular flexibility index (Phi) is 3.66. The Morgan fingerprint density at radius 3 is 2.76 bits per heavy atom. The number of amides is 1.